The molecule has 0 atom stereocenters. The van der Waals surface area contributed by atoms with Crippen molar-refractivity contribution in [1.29, 1.82) is 0 Å². The molecule has 8 heteroatoms. The van der Waals surface area contributed by atoms with E-state index in [1.165, 1.54) is 29.6 Å². The van der Waals surface area contributed by atoms with Crippen LogP contribution in [0.1, 0.15) is 32.1 Å². The second-order valence-corrected chi connectivity index (χ2v) is 9.41. The van der Waals surface area contributed by atoms with E-state index in [2.05, 4.69) is 5.32 Å². The number of nitrogens with zero attached hydrogens (tertiary/aromatic N) is 2. The topological polar surface area (TPSA) is 69.7 Å². The van der Waals surface area contributed by atoms with Crippen LogP contribution in [0.3, 0.4) is 0 Å². The molecule has 0 unspecified atom stereocenters. The van der Waals surface area contributed by atoms with Crippen molar-refractivity contribution in [3.8, 4) is 0 Å². The van der Waals surface area contributed by atoms with E-state index in [0.717, 1.165) is 12.8 Å². The molecule has 0 spiro atoms. The summed E-state index contributed by atoms with van der Waals surface area (Å²) in [6.45, 7) is 2.20. The van der Waals surface area contributed by atoms with Crippen LogP contribution in [0.25, 0.3) is 0 Å². The fourth-order valence-corrected chi connectivity index (χ4v) is 5.35. The number of rotatable bonds is 5. The van der Waals surface area contributed by atoms with Gasteiger partial charge in [0.15, 0.2) is 0 Å². The number of nitrogens with one attached hydrogen (secondary N) is 1. The van der Waals surface area contributed by atoms with E-state index in [-0.39, 0.29) is 10.8 Å². The van der Waals surface area contributed by atoms with E-state index in [0.29, 0.717) is 43.8 Å². The normalized spacial score (nSPS) is 20.8. The van der Waals surface area contributed by atoms with Gasteiger partial charge in [0, 0.05) is 37.2 Å². The molecule has 1 saturated heterocycles. The highest BCUT2D eigenvalue weighted by Gasteiger charge is 2.29. The fourth-order valence-electron chi connectivity index (χ4n) is 3.63. The number of carbonyl (C=O) groups excluding carboxylic acids is 1. The average Bonchev–Trinajstić information content (AvgIpc) is 2.63. The summed E-state index contributed by atoms with van der Waals surface area (Å²) < 4.78 is 26.9. The first-order valence-electron chi connectivity index (χ1n) is 9.22. The first-order chi connectivity index (χ1) is 12.4. The van der Waals surface area contributed by atoms with E-state index in [4.69, 9.17) is 11.6 Å². The smallest absolute Gasteiger partial charge is 0.243 e. The van der Waals surface area contributed by atoms with Gasteiger partial charge in [-0.05, 0) is 31.0 Å². The highest BCUT2D eigenvalue weighted by molar-refractivity contribution is 7.89. The van der Waals surface area contributed by atoms with Crippen LogP contribution in [0.4, 0.5) is 0 Å². The van der Waals surface area contributed by atoms with Gasteiger partial charge in [0.1, 0.15) is 0 Å². The minimum Gasteiger partial charge on any atom is -0.352 e. The number of hydrogen-bond acceptors (Lipinski definition) is 4. The molecule has 26 heavy (non-hydrogen) atoms. The first kappa shape index (κ1) is 19.6. The predicted octanol–water partition coefficient (Wildman–Crippen LogP) is 2.10. The molecule has 1 saturated carbocycles. The molecule has 1 N–H and O–H groups in total. The Balaban J connectivity index is 1.50. The van der Waals surface area contributed by atoms with Gasteiger partial charge in [0.05, 0.1) is 11.4 Å². The molecule has 1 aromatic rings. The second kappa shape index (κ2) is 8.69. The van der Waals surface area contributed by atoms with Crippen LogP contribution in [-0.2, 0) is 14.8 Å². The van der Waals surface area contributed by atoms with Gasteiger partial charge < -0.3 is 5.32 Å². The van der Waals surface area contributed by atoms with E-state index in [9.17, 15) is 13.2 Å². The average molecular weight is 400 g/mol. The summed E-state index contributed by atoms with van der Waals surface area (Å²) in [5.41, 5.74) is 0. The lowest BCUT2D eigenvalue weighted by atomic mass is 9.95. The van der Waals surface area contributed by atoms with Crippen molar-refractivity contribution in [1.82, 2.24) is 14.5 Å². The predicted molar refractivity (Wildman–Crippen MR) is 102 cm³/mol. The zero-order valence-corrected chi connectivity index (χ0v) is 16.4. The Kier molecular flexibility index (Phi) is 6.55. The summed E-state index contributed by atoms with van der Waals surface area (Å²) in [4.78, 5) is 14.4. The Labute approximate surface area is 160 Å². The molecular weight excluding hydrogens is 374 g/mol. The Morgan fingerprint density at radius 3 is 2.46 bits per heavy atom. The summed E-state index contributed by atoms with van der Waals surface area (Å²) in [6.07, 6.45) is 5.76. The van der Waals surface area contributed by atoms with Crippen LogP contribution in [-0.4, -0.2) is 62.3 Å². The number of halogens is 1. The lowest BCUT2D eigenvalue weighted by Gasteiger charge is -2.34. The largest absolute Gasteiger partial charge is 0.352 e. The number of sulfonamides is 1. The van der Waals surface area contributed by atoms with Gasteiger partial charge in [0.25, 0.3) is 0 Å². The van der Waals surface area contributed by atoms with Gasteiger partial charge in [-0.15, -0.1) is 0 Å². The van der Waals surface area contributed by atoms with E-state index < -0.39 is 10.0 Å². The summed E-state index contributed by atoms with van der Waals surface area (Å²) in [5, 5.41) is 3.52. The van der Waals surface area contributed by atoms with E-state index in [1.54, 1.807) is 18.2 Å². The third kappa shape index (κ3) is 4.97. The number of carbonyl (C=O) groups is 1. The van der Waals surface area contributed by atoms with Crippen molar-refractivity contribution in [3.63, 3.8) is 0 Å². The molecule has 1 heterocycles. The van der Waals surface area contributed by atoms with Gasteiger partial charge in [-0.3, -0.25) is 9.69 Å². The molecule has 1 aromatic carbocycles. The summed E-state index contributed by atoms with van der Waals surface area (Å²) >= 11 is 5.91. The van der Waals surface area contributed by atoms with Crippen LogP contribution in [0.2, 0.25) is 5.02 Å². The van der Waals surface area contributed by atoms with Crippen LogP contribution < -0.4 is 5.32 Å². The zero-order chi connectivity index (χ0) is 18.6. The minimum absolute atomic E-state index is 0.0445. The standard InChI is InChI=1S/C18H26ClN3O3S/c19-15-5-4-8-17(13-15)26(24,25)22-11-9-21(10-12-22)14-18(23)20-16-6-2-1-3-7-16/h4-5,8,13,16H,1-3,6-7,9-12,14H2,(H,20,23). The van der Waals surface area contributed by atoms with Gasteiger partial charge in [0.2, 0.25) is 15.9 Å². The first-order valence-corrected chi connectivity index (χ1v) is 11.0. The summed E-state index contributed by atoms with van der Waals surface area (Å²) in [7, 11) is -3.54. The third-order valence-corrected chi connectivity index (χ3v) is 7.23. The molecule has 2 fully saturated rings. The second-order valence-electron chi connectivity index (χ2n) is 7.04. The van der Waals surface area contributed by atoms with Crippen LogP contribution in [0.5, 0.6) is 0 Å². The van der Waals surface area contributed by atoms with Gasteiger partial charge in [-0.1, -0.05) is 36.9 Å². The lowest BCUT2D eigenvalue weighted by Crippen LogP contribution is -2.51. The summed E-state index contributed by atoms with van der Waals surface area (Å²) in [6, 6.07) is 6.64. The molecule has 2 aliphatic rings. The van der Waals surface area contributed by atoms with Crippen molar-refractivity contribution < 1.29 is 13.2 Å². The highest BCUT2D eigenvalue weighted by atomic mass is 35.5. The third-order valence-electron chi connectivity index (χ3n) is 5.10. The molecular formula is C18H26ClN3O3S. The molecule has 0 bridgehead atoms. The highest BCUT2D eigenvalue weighted by Crippen LogP contribution is 2.21. The van der Waals surface area contributed by atoms with Crippen molar-refractivity contribution in [3.05, 3.63) is 29.3 Å². The Bertz CT molecular complexity index is 727. The molecule has 144 valence electrons. The SMILES string of the molecule is O=C(CN1CCN(S(=O)(=O)c2cccc(Cl)c2)CC1)NC1CCCCC1. The number of piperazine rings is 1. The van der Waals surface area contributed by atoms with E-state index in [1.807, 2.05) is 4.90 Å². The zero-order valence-electron chi connectivity index (χ0n) is 14.9. The molecule has 0 aromatic heterocycles. The maximum absolute atomic E-state index is 12.7. The summed E-state index contributed by atoms with van der Waals surface area (Å²) in [5.74, 6) is 0.0445. The van der Waals surface area contributed by atoms with Crippen LogP contribution in [0.15, 0.2) is 29.2 Å². The maximum Gasteiger partial charge on any atom is 0.243 e. The molecule has 1 aliphatic heterocycles. The fraction of sp³-hybridized carbons (Fsp3) is 0.611. The number of amides is 1. The Morgan fingerprint density at radius 1 is 1.12 bits per heavy atom. The van der Waals surface area contributed by atoms with Crippen molar-refractivity contribution in [2.24, 2.45) is 0 Å². The van der Waals surface area contributed by atoms with Gasteiger partial charge in [-0.25, -0.2) is 8.42 Å². The van der Waals surface area contributed by atoms with E-state index >= 15 is 0 Å². The van der Waals surface area contributed by atoms with Crippen LogP contribution >= 0.6 is 11.6 Å². The number of benzene rings is 1. The molecule has 1 amide bonds. The van der Waals surface area contributed by atoms with Gasteiger partial charge in [-0.2, -0.15) is 4.31 Å². The minimum atomic E-state index is -3.54. The van der Waals surface area contributed by atoms with Crippen molar-refractivity contribution in [2.75, 3.05) is 32.7 Å². The number of hydrogen-bond donors (Lipinski definition) is 1. The Hall–Kier alpha value is -1.15. The monoisotopic (exact) mass is 399 g/mol. The van der Waals surface area contributed by atoms with Crippen molar-refractivity contribution in [2.45, 2.75) is 43.0 Å². The maximum atomic E-state index is 12.7. The molecule has 6 nitrogen and oxygen atoms in total. The molecule has 1 aliphatic carbocycles. The van der Waals surface area contributed by atoms with Gasteiger partial charge >= 0.3 is 0 Å². The lowest BCUT2D eigenvalue weighted by molar-refractivity contribution is -0.123. The van der Waals surface area contributed by atoms with Crippen LogP contribution in [0, 0.1) is 0 Å². The molecule has 0 radical (unpaired) electrons. The van der Waals surface area contributed by atoms with Crippen molar-refractivity contribution >= 4 is 27.5 Å². The molecule has 3 rings (SSSR count). The Morgan fingerprint density at radius 2 is 1.81 bits per heavy atom. The quantitative estimate of drug-likeness (QED) is 0.823.